The number of nitrogens with two attached hydrogens (primary N) is 1. The van der Waals surface area contributed by atoms with Crippen LogP contribution in [0.2, 0.25) is 5.02 Å². The van der Waals surface area contributed by atoms with E-state index in [4.69, 9.17) is 21.9 Å². The van der Waals surface area contributed by atoms with Crippen molar-refractivity contribution in [2.24, 2.45) is 5.73 Å². The molecule has 2 N–H and O–H groups in total. The van der Waals surface area contributed by atoms with Gasteiger partial charge in [-0.3, -0.25) is 0 Å². The van der Waals surface area contributed by atoms with Gasteiger partial charge in [0.25, 0.3) is 0 Å². The predicted octanol–water partition coefficient (Wildman–Crippen LogP) is 3.60. The summed E-state index contributed by atoms with van der Waals surface area (Å²) in [6.07, 6.45) is 0.825. The van der Waals surface area contributed by atoms with E-state index in [0.717, 1.165) is 16.5 Å². The third-order valence-electron chi connectivity index (χ3n) is 2.64. The first-order valence-corrected chi connectivity index (χ1v) is 6.78. The summed E-state index contributed by atoms with van der Waals surface area (Å²) in [5, 5.41) is 4.62. The lowest BCUT2D eigenvalue weighted by molar-refractivity contribution is 0.355. The summed E-state index contributed by atoms with van der Waals surface area (Å²) in [7, 11) is 0. The van der Waals surface area contributed by atoms with E-state index in [-0.39, 0.29) is 5.92 Å². The van der Waals surface area contributed by atoms with Gasteiger partial charge in [0.15, 0.2) is 0 Å². The molecule has 1 aromatic heterocycles. The van der Waals surface area contributed by atoms with Gasteiger partial charge >= 0.3 is 0 Å². The highest BCUT2D eigenvalue weighted by atomic mass is 79.9. The molecule has 1 unspecified atom stereocenters. The molecule has 0 saturated carbocycles. The van der Waals surface area contributed by atoms with E-state index in [2.05, 4.69) is 26.1 Å². The molecule has 18 heavy (non-hydrogen) atoms. The van der Waals surface area contributed by atoms with Crippen LogP contribution in [0.1, 0.15) is 25.2 Å². The van der Waals surface area contributed by atoms with Gasteiger partial charge in [-0.05, 0) is 47.1 Å². The molecular formula is C12H13BrClN3O. The fourth-order valence-corrected chi connectivity index (χ4v) is 2.06. The molecule has 1 aromatic carbocycles. The summed E-state index contributed by atoms with van der Waals surface area (Å²) >= 11 is 9.31. The van der Waals surface area contributed by atoms with Gasteiger partial charge in [-0.1, -0.05) is 23.7 Å². The highest BCUT2D eigenvalue weighted by molar-refractivity contribution is 9.10. The number of nitrogens with zero attached hydrogens (tertiary/aromatic N) is 2. The van der Waals surface area contributed by atoms with Gasteiger partial charge in [0.2, 0.25) is 11.7 Å². The Labute approximate surface area is 119 Å². The van der Waals surface area contributed by atoms with Crippen LogP contribution in [0.25, 0.3) is 11.4 Å². The maximum absolute atomic E-state index is 5.94. The third-order valence-corrected chi connectivity index (χ3v) is 3.85. The number of benzene rings is 1. The molecule has 0 fully saturated rings. The zero-order chi connectivity index (χ0) is 13.1. The van der Waals surface area contributed by atoms with Crippen LogP contribution in [-0.4, -0.2) is 16.7 Å². The van der Waals surface area contributed by atoms with E-state index in [1.54, 1.807) is 6.07 Å². The Hall–Kier alpha value is -0.910. The highest BCUT2D eigenvalue weighted by Gasteiger charge is 2.15. The average Bonchev–Trinajstić information content (AvgIpc) is 2.82. The minimum Gasteiger partial charge on any atom is -0.339 e. The second-order valence-electron chi connectivity index (χ2n) is 4.06. The van der Waals surface area contributed by atoms with Crippen molar-refractivity contribution in [2.45, 2.75) is 19.3 Å². The van der Waals surface area contributed by atoms with Gasteiger partial charge in [0.05, 0.1) is 5.02 Å². The second kappa shape index (κ2) is 5.82. The molecule has 0 amide bonds. The molecule has 1 heterocycles. The summed E-state index contributed by atoms with van der Waals surface area (Å²) in [5.74, 6) is 1.35. The van der Waals surface area contributed by atoms with Crippen molar-refractivity contribution in [1.82, 2.24) is 10.1 Å². The van der Waals surface area contributed by atoms with Crippen LogP contribution in [0, 0.1) is 0 Å². The monoisotopic (exact) mass is 329 g/mol. The van der Waals surface area contributed by atoms with Crippen molar-refractivity contribution in [3.63, 3.8) is 0 Å². The van der Waals surface area contributed by atoms with E-state index in [0.29, 0.717) is 23.3 Å². The SMILES string of the molecule is CC(CCN)c1nc(-c2ccc(Cl)c(Br)c2)no1. The molecule has 96 valence electrons. The predicted molar refractivity (Wildman–Crippen MR) is 74.5 cm³/mol. The molecule has 0 bridgehead atoms. The lowest BCUT2D eigenvalue weighted by Gasteiger charge is -2.01. The smallest absolute Gasteiger partial charge is 0.229 e. The van der Waals surface area contributed by atoms with Crippen molar-refractivity contribution in [2.75, 3.05) is 6.54 Å². The number of aromatic nitrogens is 2. The van der Waals surface area contributed by atoms with Crippen LogP contribution in [0.3, 0.4) is 0 Å². The third kappa shape index (κ3) is 2.91. The highest BCUT2D eigenvalue weighted by Crippen LogP contribution is 2.28. The Morgan fingerprint density at radius 3 is 2.94 bits per heavy atom. The first-order chi connectivity index (χ1) is 8.61. The zero-order valence-corrected chi connectivity index (χ0v) is 12.2. The molecule has 6 heteroatoms. The van der Waals surface area contributed by atoms with Crippen LogP contribution in [0.15, 0.2) is 27.2 Å². The van der Waals surface area contributed by atoms with Crippen LogP contribution >= 0.6 is 27.5 Å². The molecule has 0 aliphatic rings. The summed E-state index contributed by atoms with van der Waals surface area (Å²) in [6, 6.07) is 5.51. The van der Waals surface area contributed by atoms with Crippen molar-refractivity contribution >= 4 is 27.5 Å². The van der Waals surface area contributed by atoms with Gasteiger partial charge in [-0.15, -0.1) is 0 Å². The first-order valence-electron chi connectivity index (χ1n) is 5.61. The summed E-state index contributed by atoms with van der Waals surface area (Å²) < 4.78 is 6.05. The van der Waals surface area contributed by atoms with Gasteiger partial charge in [0.1, 0.15) is 0 Å². The van der Waals surface area contributed by atoms with Crippen LogP contribution in [0.4, 0.5) is 0 Å². The Morgan fingerprint density at radius 2 is 2.28 bits per heavy atom. The molecule has 0 aliphatic heterocycles. The Kier molecular flexibility index (Phi) is 4.37. The van der Waals surface area contributed by atoms with Crippen molar-refractivity contribution in [3.05, 3.63) is 33.6 Å². The average molecular weight is 331 g/mol. The van der Waals surface area contributed by atoms with Crippen molar-refractivity contribution < 1.29 is 4.52 Å². The summed E-state index contributed by atoms with van der Waals surface area (Å²) in [5.41, 5.74) is 6.37. The summed E-state index contributed by atoms with van der Waals surface area (Å²) in [4.78, 5) is 4.37. The molecule has 0 radical (unpaired) electrons. The molecule has 2 rings (SSSR count). The van der Waals surface area contributed by atoms with E-state index >= 15 is 0 Å². The quantitative estimate of drug-likeness (QED) is 0.930. The summed E-state index contributed by atoms with van der Waals surface area (Å²) in [6.45, 7) is 2.62. The Morgan fingerprint density at radius 1 is 1.50 bits per heavy atom. The molecule has 0 saturated heterocycles. The van der Waals surface area contributed by atoms with Gasteiger partial charge in [-0.2, -0.15) is 4.98 Å². The van der Waals surface area contributed by atoms with Crippen molar-refractivity contribution in [1.29, 1.82) is 0 Å². The second-order valence-corrected chi connectivity index (χ2v) is 5.33. The van der Waals surface area contributed by atoms with Crippen LogP contribution in [0.5, 0.6) is 0 Å². The van der Waals surface area contributed by atoms with Crippen molar-refractivity contribution in [3.8, 4) is 11.4 Å². The van der Waals surface area contributed by atoms with Crippen LogP contribution < -0.4 is 5.73 Å². The molecule has 1 atom stereocenters. The van der Waals surface area contributed by atoms with Gasteiger partial charge < -0.3 is 10.3 Å². The van der Waals surface area contributed by atoms with Gasteiger partial charge in [0, 0.05) is 16.0 Å². The standard InChI is InChI=1S/C12H13BrClN3O/c1-7(4-5-15)12-16-11(17-18-12)8-2-3-10(14)9(13)6-8/h2-3,6-7H,4-5,15H2,1H3. The number of hydrogen-bond acceptors (Lipinski definition) is 4. The van der Waals surface area contributed by atoms with Gasteiger partial charge in [-0.25, -0.2) is 0 Å². The first kappa shape index (κ1) is 13.5. The van der Waals surface area contributed by atoms with E-state index < -0.39 is 0 Å². The maximum Gasteiger partial charge on any atom is 0.229 e. The Balaban J connectivity index is 2.26. The Bertz CT molecular complexity index is 544. The minimum atomic E-state index is 0.173. The largest absolute Gasteiger partial charge is 0.339 e. The molecule has 4 nitrogen and oxygen atoms in total. The van der Waals surface area contributed by atoms with E-state index in [1.807, 2.05) is 19.1 Å². The maximum atomic E-state index is 5.94. The topological polar surface area (TPSA) is 64.9 Å². The fraction of sp³-hybridized carbons (Fsp3) is 0.333. The number of halogens is 2. The normalized spacial score (nSPS) is 12.7. The number of rotatable bonds is 4. The molecule has 0 aliphatic carbocycles. The number of hydrogen-bond donors (Lipinski definition) is 1. The molecule has 0 spiro atoms. The molecule has 2 aromatic rings. The van der Waals surface area contributed by atoms with E-state index in [9.17, 15) is 0 Å². The molecular weight excluding hydrogens is 318 g/mol. The fourth-order valence-electron chi connectivity index (χ4n) is 1.56. The zero-order valence-electron chi connectivity index (χ0n) is 9.86. The minimum absolute atomic E-state index is 0.173. The lowest BCUT2D eigenvalue weighted by atomic mass is 10.1. The van der Waals surface area contributed by atoms with E-state index in [1.165, 1.54) is 0 Å². The lowest BCUT2D eigenvalue weighted by Crippen LogP contribution is -2.04. The van der Waals surface area contributed by atoms with Crippen LogP contribution in [-0.2, 0) is 0 Å².